The van der Waals surface area contributed by atoms with Crippen LogP contribution in [0.5, 0.6) is 0 Å². The lowest BCUT2D eigenvalue weighted by Gasteiger charge is -2.30. The van der Waals surface area contributed by atoms with Gasteiger partial charge in [0, 0.05) is 0 Å². The molecule has 5 N–H and O–H groups in total. The van der Waals surface area contributed by atoms with E-state index in [1.165, 1.54) is 18.2 Å². The zero-order chi connectivity index (χ0) is 26.0. The Morgan fingerprint density at radius 3 is 2.20 bits per heavy atom. The SMILES string of the molecule is Nc1c(C(=O)NCC(O)(CNC(=O)c2c(F)cccc2Cl)C(F)(F)F)cnn1-c1ccc(F)cc1. The van der Waals surface area contributed by atoms with Crippen molar-refractivity contribution in [1.82, 2.24) is 20.4 Å². The first-order chi connectivity index (χ1) is 16.3. The summed E-state index contributed by atoms with van der Waals surface area (Å²) in [4.78, 5) is 24.6. The second-order valence-corrected chi connectivity index (χ2v) is 7.73. The summed E-state index contributed by atoms with van der Waals surface area (Å²) in [5.74, 6) is -4.28. The number of carbonyl (C=O) groups is 2. The summed E-state index contributed by atoms with van der Waals surface area (Å²) >= 11 is 5.72. The van der Waals surface area contributed by atoms with Crippen LogP contribution in [0.25, 0.3) is 5.69 Å². The predicted octanol–water partition coefficient (Wildman–Crippen LogP) is 2.84. The second kappa shape index (κ2) is 9.88. The Bertz CT molecular complexity index is 1230. The zero-order valence-electron chi connectivity index (χ0n) is 17.5. The number of halogens is 6. The number of amides is 2. The van der Waals surface area contributed by atoms with Crippen molar-refractivity contribution in [2.45, 2.75) is 11.8 Å². The number of aliphatic hydroxyl groups is 1. The molecule has 3 aromatic rings. The molecular weight excluding hydrogens is 501 g/mol. The Labute approximate surface area is 199 Å². The molecule has 1 atom stereocenters. The fourth-order valence-electron chi connectivity index (χ4n) is 2.94. The van der Waals surface area contributed by atoms with E-state index in [0.29, 0.717) is 0 Å². The molecule has 0 saturated heterocycles. The van der Waals surface area contributed by atoms with Gasteiger partial charge < -0.3 is 21.5 Å². The van der Waals surface area contributed by atoms with Gasteiger partial charge in [-0.25, -0.2) is 13.5 Å². The second-order valence-electron chi connectivity index (χ2n) is 7.32. The molecule has 2 aromatic carbocycles. The lowest BCUT2D eigenvalue weighted by molar-refractivity contribution is -0.254. The number of nitrogens with two attached hydrogens (primary N) is 1. The smallest absolute Gasteiger partial charge is 0.383 e. The fourth-order valence-corrected chi connectivity index (χ4v) is 3.18. The molecule has 1 heterocycles. The fraction of sp³-hybridized carbons (Fsp3) is 0.190. The molecule has 2 amide bonds. The summed E-state index contributed by atoms with van der Waals surface area (Å²) in [6.45, 7) is -2.81. The average molecular weight is 518 g/mol. The van der Waals surface area contributed by atoms with Gasteiger partial charge in [-0.1, -0.05) is 17.7 Å². The molecule has 14 heteroatoms. The van der Waals surface area contributed by atoms with Gasteiger partial charge in [0.05, 0.1) is 35.6 Å². The van der Waals surface area contributed by atoms with E-state index in [2.05, 4.69) is 5.10 Å². The highest BCUT2D eigenvalue weighted by Crippen LogP contribution is 2.30. The van der Waals surface area contributed by atoms with Crippen LogP contribution < -0.4 is 16.4 Å². The van der Waals surface area contributed by atoms with Crippen molar-refractivity contribution in [1.29, 1.82) is 0 Å². The summed E-state index contributed by atoms with van der Waals surface area (Å²) in [7, 11) is 0. The first-order valence-corrected chi connectivity index (χ1v) is 10.1. The highest BCUT2D eigenvalue weighted by Gasteiger charge is 2.54. The number of nitrogens with zero attached hydrogens (tertiary/aromatic N) is 2. The third-order valence-corrected chi connectivity index (χ3v) is 5.24. The van der Waals surface area contributed by atoms with Gasteiger partial charge in [0.2, 0.25) is 0 Å². The first-order valence-electron chi connectivity index (χ1n) is 9.73. The maximum absolute atomic E-state index is 13.9. The van der Waals surface area contributed by atoms with E-state index in [1.807, 2.05) is 5.32 Å². The number of carbonyl (C=O) groups excluding carboxylic acids is 2. The van der Waals surface area contributed by atoms with Gasteiger partial charge in [0.1, 0.15) is 23.0 Å². The van der Waals surface area contributed by atoms with Crippen molar-refractivity contribution in [2.24, 2.45) is 0 Å². The predicted molar refractivity (Wildman–Crippen MR) is 115 cm³/mol. The van der Waals surface area contributed by atoms with Crippen LogP contribution in [0.3, 0.4) is 0 Å². The zero-order valence-corrected chi connectivity index (χ0v) is 18.3. The number of nitrogen functional groups attached to an aromatic ring is 1. The van der Waals surface area contributed by atoms with Gasteiger partial charge in [-0.2, -0.15) is 18.3 Å². The third kappa shape index (κ3) is 5.52. The van der Waals surface area contributed by atoms with Gasteiger partial charge in [-0.05, 0) is 36.4 Å². The molecule has 35 heavy (non-hydrogen) atoms. The summed E-state index contributed by atoms with van der Waals surface area (Å²) in [6.07, 6.45) is -4.33. The molecule has 0 saturated carbocycles. The van der Waals surface area contributed by atoms with Gasteiger partial charge in [-0.15, -0.1) is 0 Å². The molecule has 0 radical (unpaired) electrons. The molecule has 0 aliphatic rings. The lowest BCUT2D eigenvalue weighted by Crippen LogP contribution is -2.59. The van der Waals surface area contributed by atoms with Crippen LogP contribution in [0, 0.1) is 11.6 Å². The quantitative estimate of drug-likeness (QED) is 0.359. The summed E-state index contributed by atoms with van der Waals surface area (Å²) in [5, 5.41) is 17.4. The van der Waals surface area contributed by atoms with Crippen molar-refractivity contribution in [3.05, 3.63) is 76.4 Å². The van der Waals surface area contributed by atoms with Crippen LogP contribution in [0.2, 0.25) is 5.02 Å². The first kappa shape index (κ1) is 25.9. The van der Waals surface area contributed by atoms with Gasteiger partial charge in [-0.3, -0.25) is 9.59 Å². The lowest BCUT2D eigenvalue weighted by atomic mass is 10.0. The van der Waals surface area contributed by atoms with Crippen molar-refractivity contribution in [3.63, 3.8) is 0 Å². The Hall–Kier alpha value is -3.71. The number of aromatic nitrogens is 2. The number of nitrogens with one attached hydrogen (secondary N) is 2. The minimum Gasteiger partial charge on any atom is -0.383 e. The molecular formula is C21H17ClF5N5O3. The summed E-state index contributed by atoms with van der Waals surface area (Å²) in [6, 6.07) is 8.09. The molecule has 8 nitrogen and oxygen atoms in total. The van der Waals surface area contributed by atoms with E-state index < -0.39 is 53.9 Å². The molecule has 1 aromatic heterocycles. The van der Waals surface area contributed by atoms with E-state index in [9.17, 15) is 36.6 Å². The van der Waals surface area contributed by atoms with Crippen molar-refractivity contribution in [3.8, 4) is 5.69 Å². The van der Waals surface area contributed by atoms with Crippen LogP contribution in [-0.4, -0.2) is 51.6 Å². The number of rotatable bonds is 7. The Morgan fingerprint density at radius 2 is 1.63 bits per heavy atom. The van der Waals surface area contributed by atoms with E-state index in [1.54, 1.807) is 5.32 Å². The van der Waals surface area contributed by atoms with E-state index in [0.717, 1.165) is 35.1 Å². The average Bonchev–Trinajstić information content (AvgIpc) is 3.17. The summed E-state index contributed by atoms with van der Waals surface area (Å²) < 4.78 is 68.8. The van der Waals surface area contributed by atoms with Gasteiger partial charge in [0.15, 0.2) is 5.60 Å². The number of hydrogen-bond acceptors (Lipinski definition) is 5. The number of anilines is 1. The van der Waals surface area contributed by atoms with E-state index in [-0.39, 0.29) is 22.1 Å². The maximum Gasteiger partial charge on any atom is 0.420 e. The van der Waals surface area contributed by atoms with Crippen LogP contribution in [-0.2, 0) is 0 Å². The number of alkyl halides is 3. The van der Waals surface area contributed by atoms with Crippen molar-refractivity contribution < 1.29 is 36.6 Å². The Balaban J connectivity index is 1.73. The van der Waals surface area contributed by atoms with Crippen molar-refractivity contribution in [2.75, 3.05) is 18.8 Å². The standard InChI is InChI=1S/C21H17ClF5N5O3/c22-14-2-1-3-15(24)16(14)19(34)30-10-20(35,21(25,26)27)9-29-18(33)13-8-31-32(17(13)28)12-6-4-11(23)5-7-12/h1-8,35H,9-10,28H2,(H,29,33)(H,30,34). The van der Waals surface area contributed by atoms with Gasteiger partial charge in [0.25, 0.3) is 11.8 Å². The molecule has 186 valence electrons. The molecule has 3 rings (SSSR count). The maximum atomic E-state index is 13.9. The van der Waals surface area contributed by atoms with Crippen LogP contribution in [0.15, 0.2) is 48.7 Å². The van der Waals surface area contributed by atoms with Crippen molar-refractivity contribution >= 4 is 29.2 Å². The number of hydrogen-bond donors (Lipinski definition) is 4. The van der Waals surface area contributed by atoms with E-state index in [4.69, 9.17) is 17.3 Å². The largest absolute Gasteiger partial charge is 0.420 e. The van der Waals surface area contributed by atoms with E-state index >= 15 is 0 Å². The molecule has 0 aliphatic carbocycles. The van der Waals surface area contributed by atoms with Crippen LogP contribution in [0.1, 0.15) is 20.7 Å². The topological polar surface area (TPSA) is 122 Å². The highest BCUT2D eigenvalue weighted by molar-refractivity contribution is 6.33. The van der Waals surface area contributed by atoms with Crippen LogP contribution in [0.4, 0.5) is 27.8 Å². The number of benzene rings is 2. The normalized spacial score (nSPS) is 13.2. The minimum atomic E-state index is -5.31. The van der Waals surface area contributed by atoms with Gasteiger partial charge >= 0.3 is 6.18 Å². The Morgan fingerprint density at radius 1 is 1.03 bits per heavy atom. The highest BCUT2D eigenvalue weighted by atomic mass is 35.5. The summed E-state index contributed by atoms with van der Waals surface area (Å²) in [5.41, 5.74) is 1.48. The molecule has 1 unspecified atom stereocenters. The molecule has 0 bridgehead atoms. The molecule has 0 aliphatic heterocycles. The molecule has 0 spiro atoms. The van der Waals surface area contributed by atoms with Crippen LogP contribution >= 0.6 is 11.6 Å². The Kier molecular flexibility index (Phi) is 7.31. The molecule has 0 fully saturated rings. The minimum absolute atomic E-state index is 0.257. The third-order valence-electron chi connectivity index (χ3n) is 4.92. The monoisotopic (exact) mass is 517 g/mol.